The Morgan fingerprint density at radius 1 is 1.39 bits per heavy atom. The SMILES string of the molecule is CC1CCC(O)(Cc2cccc(C(F)(F)F)c2)C1. The van der Waals surface area contributed by atoms with Crippen molar-refractivity contribution < 1.29 is 18.3 Å². The third-order valence-corrected chi connectivity index (χ3v) is 3.62. The van der Waals surface area contributed by atoms with Gasteiger partial charge in [-0.05, 0) is 36.8 Å². The molecule has 0 bridgehead atoms. The van der Waals surface area contributed by atoms with Crippen LogP contribution in [0, 0.1) is 5.92 Å². The molecular weight excluding hydrogens is 241 g/mol. The maximum atomic E-state index is 12.6. The zero-order chi connectivity index (χ0) is 13.4. The Bertz CT molecular complexity index is 427. The third kappa shape index (κ3) is 3.05. The predicted octanol–water partition coefficient (Wildman–Crippen LogP) is 3.80. The van der Waals surface area contributed by atoms with Crippen molar-refractivity contribution in [3.63, 3.8) is 0 Å². The molecule has 18 heavy (non-hydrogen) atoms. The molecular formula is C14H17F3O. The highest BCUT2D eigenvalue weighted by molar-refractivity contribution is 5.27. The van der Waals surface area contributed by atoms with E-state index in [4.69, 9.17) is 0 Å². The number of benzene rings is 1. The Balaban J connectivity index is 2.15. The second kappa shape index (κ2) is 4.57. The molecule has 0 aliphatic heterocycles. The lowest BCUT2D eigenvalue weighted by Crippen LogP contribution is -2.27. The van der Waals surface area contributed by atoms with Gasteiger partial charge < -0.3 is 5.11 Å². The molecule has 1 saturated carbocycles. The highest BCUT2D eigenvalue weighted by Gasteiger charge is 2.36. The molecule has 1 nitrogen and oxygen atoms in total. The van der Waals surface area contributed by atoms with Crippen LogP contribution in [0.15, 0.2) is 24.3 Å². The first kappa shape index (κ1) is 13.4. The molecule has 0 amide bonds. The lowest BCUT2D eigenvalue weighted by Gasteiger charge is -2.23. The lowest BCUT2D eigenvalue weighted by atomic mass is 9.91. The van der Waals surface area contributed by atoms with Gasteiger partial charge >= 0.3 is 6.18 Å². The van der Waals surface area contributed by atoms with Gasteiger partial charge in [0.25, 0.3) is 0 Å². The number of rotatable bonds is 2. The van der Waals surface area contributed by atoms with Gasteiger partial charge in [-0.15, -0.1) is 0 Å². The summed E-state index contributed by atoms with van der Waals surface area (Å²) in [6.45, 7) is 2.06. The third-order valence-electron chi connectivity index (χ3n) is 3.62. The fourth-order valence-corrected chi connectivity index (χ4v) is 2.77. The van der Waals surface area contributed by atoms with Crippen LogP contribution in [0.25, 0.3) is 0 Å². The zero-order valence-electron chi connectivity index (χ0n) is 10.3. The van der Waals surface area contributed by atoms with E-state index in [1.165, 1.54) is 6.07 Å². The second-order valence-corrected chi connectivity index (χ2v) is 5.45. The molecule has 2 unspecified atom stereocenters. The minimum Gasteiger partial charge on any atom is -0.390 e. The second-order valence-electron chi connectivity index (χ2n) is 5.45. The minimum atomic E-state index is -4.32. The maximum Gasteiger partial charge on any atom is 0.416 e. The summed E-state index contributed by atoms with van der Waals surface area (Å²) in [5.41, 5.74) is -0.917. The smallest absolute Gasteiger partial charge is 0.390 e. The minimum absolute atomic E-state index is 0.307. The number of hydrogen-bond donors (Lipinski definition) is 1. The van der Waals surface area contributed by atoms with Gasteiger partial charge in [0.15, 0.2) is 0 Å². The molecule has 0 aromatic heterocycles. The van der Waals surface area contributed by atoms with E-state index in [9.17, 15) is 18.3 Å². The summed E-state index contributed by atoms with van der Waals surface area (Å²) in [5, 5.41) is 10.3. The summed E-state index contributed by atoms with van der Waals surface area (Å²) in [4.78, 5) is 0. The summed E-state index contributed by atoms with van der Waals surface area (Å²) in [7, 11) is 0. The van der Waals surface area contributed by atoms with Crippen LogP contribution in [-0.2, 0) is 12.6 Å². The van der Waals surface area contributed by atoms with Crippen molar-refractivity contribution in [2.45, 2.75) is 44.4 Å². The van der Waals surface area contributed by atoms with Gasteiger partial charge in [-0.3, -0.25) is 0 Å². The van der Waals surface area contributed by atoms with E-state index < -0.39 is 17.3 Å². The van der Waals surface area contributed by atoms with Crippen LogP contribution in [0.1, 0.15) is 37.3 Å². The highest BCUT2D eigenvalue weighted by atomic mass is 19.4. The fraction of sp³-hybridized carbons (Fsp3) is 0.571. The van der Waals surface area contributed by atoms with Crippen molar-refractivity contribution in [3.8, 4) is 0 Å². The van der Waals surface area contributed by atoms with E-state index in [1.807, 2.05) is 0 Å². The summed E-state index contributed by atoms with van der Waals surface area (Å²) < 4.78 is 37.7. The average Bonchev–Trinajstić information content (AvgIpc) is 2.57. The quantitative estimate of drug-likeness (QED) is 0.855. The van der Waals surface area contributed by atoms with Crippen LogP contribution in [0.5, 0.6) is 0 Å². The summed E-state index contributed by atoms with van der Waals surface area (Å²) in [5.74, 6) is 0.445. The van der Waals surface area contributed by atoms with Crippen molar-refractivity contribution in [1.82, 2.24) is 0 Å². The first-order valence-corrected chi connectivity index (χ1v) is 6.17. The van der Waals surface area contributed by atoms with Gasteiger partial charge in [0.1, 0.15) is 0 Å². The van der Waals surface area contributed by atoms with E-state index >= 15 is 0 Å². The zero-order valence-corrected chi connectivity index (χ0v) is 10.3. The van der Waals surface area contributed by atoms with Crippen molar-refractivity contribution >= 4 is 0 Å². The number of halogens is 3. The van der Waals surface area contributed by atoms with Crippen LogP contribution >= 0.6 is 0 Å². The summed E-state index contributed by atoms with van der Waals surface area (Å²) in [6, 6.07) is 5.25. The van der Waals surface area contributed by atoms with Crippen molar-refractivity contribution in [2.24, 2.45) is 5.92 Å². The maximum absolute atomic E-state index is 12.6. The fourth-order valence-electron chi connectivity index (χ4n) is 2.77. The molecule has 1 aromatic carbocycles. The summed E-state index contributed by atoms with van der Waals surface area (Å²) >= 11 is 0. The van der Waals surface area contributed by atoms with Crippen LogP contribution in [-0.4, -0.2) is 10.7 Å². The molecule has 1 aliphatic rings. The lowest BCUT2D eigenvalue weighted by molar-refractivity contribution is -0.137. The molecule has 1 aromatic rings. The molecule has 1 N–H and O–H groups in total. The van der Waals surface area contributed by atoms with Crippen molar-refractivity contribution in [2.75, 3.05) is 0 Å². The Morgan fingerprint density at radius 3 is 2.67 bits per heavy atom. The molecule has 0 saturated heterocycles. The van der Waals surface area contributed by atoms with Gasteiger partial charge in [0.2, 0.25) is 0 Å². The molecule has 0 radical (unpaired) electrons. The largest absolute Gasteiger partial charge is 0.416 e. The average molecular weight is 258 g/mol. The van der Waals surface area contributed by atoms with Crippen molar-refractivity contribution in [1.29, 1.82) is 0 Å². The predicted molar refractivity (Wildman–Crippen MR) is 63.1 cm³/mol. The van der Waals surface area contributed by atoms with E-state index in [0.717, 1.165) is 18.6 Å². The van der Waals surface area contributed by atoms with Gasteiger partial charge in [0, 0.05) is 6.42 Å². The molecule has 0 heterocycles. The Labute approximate surface area is 105 Å². The number of alkyl halides is 3. The van der Waals surface area contributed by atoms with Crippen LogP contribution in [0.3, 0.4) is 0 Å². The molecule has 2 atom stereocenters. The van der Waals surface area contributed by atoms with Gasteiger partial charge in [-0.1, -0.05) is 25.1 Å². The Morgan fingerprint density at radius 2 is 2.11 bits per heavy atom. The first-order chi connectivity index (χ1) is 8.28. The summed E-state index contributed by atoms with van der Waals surface area (Å²) in [6.07, 6.45) is -1.73. The van der Waals surface area contributed by atoms with Gasteiger partial charge in [-0.2, -0.15) is 13.2 Å². The normalized spacial score (nSPS) is 28.6. The van der Waals surface area contributed by atoms with E-state index in [-0.39, 0.29) is 0 Å². The van der Waals surface area contributed by atoms with E-state index in [0.29, 0.717) is 30.7 Å². The van der Waals surface area contributed by atoms with E-state index in [1.54, 1.807) is 6.07 Å². The van der Waals surface area contributed by atoms with Crippen LogP contribution < -0.4 is 0 Å². The standard InChI is InChI=1S/C14H17F3O/c1-10-5-6-13(18,8-10)9-11-3-2-4-12(7-11)14(15,16)17/h2-4,7,10,18H,5-6,8-9H2,1H3. The Hall–Kier alpha value is -1.03. The Kier molecular flexibility index (Phi) is 3.41. The van der Waals surface area contributed by atoms with Gasteiger partial charge in [0.05, 0.1) is 11.2 Å². The number of aliphatic hydroxyl groups is 1. The van der Waals surface area contributed by atoms with Gasteiger partial charge in [-0.25, -0.2) is 0 Å². The van der Waals surface area contributed by atoms with Crippen LogP contribution in [0.2, 0.25) is 0 Å². The molecule has 100 valence electrons. The molecule has 0 spiro atoms. The first-order valence-electron chi connectivity index (χ1n) is 6.17. The monoisotopic (exact) mass is 258 g/mol. The van der Waals surface area contributed by atoms with Crippen LogP contribution in [0.4, 0.5) is 13.2 Å². The van der Waals surface area contributed by atoms with Crippen molar-refractivity contribution in [3.05, 3.63) is 35.4 Å². The molecule has 2 rings (SSSR count). The molecule has 1 aliphatic carbocycles. The highest BCUT2D eigenvalue weighted by Crippen LogP contribution is 2.37. The van der Waals surface area contributed by atoms with E-state index in [2.05, 4.69) is 6.92 Å². The topological polar surface area (TPSA) is 20.2 Å². The number of hydrogen-bond acceptors (Lipinski definition) is 1. The molecule has 4 heteroatoms. The molecule has 1 fully saturated rings.